The van der Waals surface area contributed by atoms with E-state index in [9.17, 15) is 22.8 Å². The number of halogens is 3. The van der Waals surface area contributed by atoms with Crippen molar-refractivity contribution in [2.45, 2.75) is 6.18 Å². The largest absolute Gasteiger partial charge is 0.459 e. The molecule has 0 amide bonds. The number of hydrogen-bond acceptors (Lipinski definition) is 6. The number of carbonyl (C=O) groups excluding carboxylic acids is 2. The van der Waals surface area contributed by atoms with E-state index in [4.69, 9.17) is 20.9 Å². The Balaban J connectivity index is 1.76. The highest BCUT2D eigenvalue weighted by Gasteiger charge is 2.29. The Kier molecular flexibility index (Phi) is 6.64. The van der Waals surface area contributed by atoms with Gasteiger partial charge in [0.25, 0.3) is 0 Å². The molecule has 28 heavy (non-hydrogen) atoms. The summed E-state index contributed by atoms with van der Waals surface area (Å²) in [5.41, 5.74) is 11.6. The van der Waals surface area contributed by atoms with Crippen molar-refractivity contribution in [3.05, 3.63) is 65.2 Å². The number of rotatable bonds is 6. The van der Waals surface area contributed by atoms with Gasteiger partial charge < -0.3 is 20.9 Å². The van der Waals surface area contributed by atoms with Crippen molar-refractivity contribution < 1.29 is 32.2 Å². The Morgan fingerprint density at radius 3 is 2.07 bits per heavy atom. The number of benzene rings is 2. The van der Waals surface area contributed by atoms with E-state index in [1.54, 1.807) is 0 Å². The lowest BCUT2D eigenvalue weighted by molar-refractivity contribution is -0.139. The lowest BCUT2D eigenvalue weighted by atomic mass is 10.1. The molecule has 9 heteroatoms. The molecule has 6 nitrogen and oxygen atoms in total. The first-order chi connectivity index (χ1) is 13.1. The lowest BCUT2D eigenvalue weighted by Crippen LogP contribution is -2.13. The minimum atomic E-state index is -4.42. The Hall–Kier alpha value is -3.49. The summed E-state index contributed by atoms with van der Waals surface area (Å²) in [5, 5.41) is 0. The molecule has 0 aliphatic heterocycles. The number of ether oxygens (including phenoxy) is 2. The minimum Gasteiger partial charge on any atom is -0.459 e. The molecule has 0 aliphatic carbocycles. The number of nitrogens with two attached hydrogens (primary N) is 2. The van der Waals surface area contributed by atoms with Crippen molar-refractivity contribution in [1.82, 2.24) is 0 Å². The zero-order valence-corrected chi connectivity index (χ0v) is 14.5. The Morgan fingerprint density at radius 2 is 1.50 bits per heavy atom. The van der Waals surface area contributed by atoms with E-state index in [2.05, 4.69) is 0 Å². The zero-order valence-electron chi connectivity index (χ0n) is 14.5. The lowest BCUT2D eigenvalue weighted by Gasteiger charge is -2.07. The molecular weight excluding hydrogens is 377 g/mol. The van der Waals surface area contributed by atoms with Gasteiger partial charge >= 0.3 is 18.1 Å². The van der Waals surface area contributed by atoms with E-state index in [0.717, 1.165) is 18.2 Å². The molecule has 0 aliphatic rings. The van der Waals surface area contributed by atoms with Gasteiger partial charge in [0.1, 0.15) is 13.2 Å². The quantitative estimate of drug-likeness (QED) is 0.337. The molecular formula is C19H17F3N2O4. The van der Waals surface area contributed by atoms with Gasteiger partial charge in [0.15, 0.2) is 0 Å². The molecule has 0 saturated carbocycles. The van der Waals surface area contributed by atoms with E-state index in [1.165, 1.54) is 36.4 Å². The fraction of sp³-hybridized carbons (Fsp3) is 0.158. The first kappa shape index (κ1) is 20.8. The van der Waals surface area contributed by atoms with Crippen molar-refractivity contribution >= 4 is 29.4 Å². The second-order valence-electron chi connectivity index (χ2n) is 5.64. The van der Waals surface area contributed by atoms with Crippen LogP contribution >= 0.6 is 0 Å². The van der Waals surface area contributed by atoms with E-state index in [1.807, 2.05) is 0 Å². The van der Waals surface area contributed by atoms with Gasteiger partial charge in [0, 0.05) is 17.5 Å². The van der Waals surface area contributed by atoms with Crippen LogP contribution in [0.1, 0.15) is 21.5 Å². The molecule has 0 bridgehead atoms. The summed E-state index contributed by atoms with van der Waals surface area (Å²) in [5.74, 6) is -1.40. The molecule has 0 heterocycles. The third kappa shape index (κ3) is 6.35. The molecule has 4 N–H and O–H groups in total. The third-order valence-electron chi connectivity index (χ3n) is 3.42. The summed E-state index contributed by atoms with van der Waals surface area (Å²) >= 11 is 0. The van der Waals surface area contributed by atoms with Gasteiger partial charge in [-0.05, 0) is 42.0 Å². The number of esters is 2. The van der Waals surface area contributed by atoms with Crippen LogP contribution in [0.2, 0.25) is 0 Å². The predicted octanol–water partition coefficient (Wildman–Crippen LogP) is 3.28. The van der Waals surface area contributed by atoms with Gasteiger partial charge in [-0.25, -0.2) is 9.59 Å². The first-order valence-electron chi connectivity index (χ1n) is 8.00. The molecule has 2 aromatic carbocycles. The van der Waals surface area contributed by atoms with Crippen LogP contribution in [0.5, 0.6) is 0 Å². The van der Waals surface area contributed by atoms with Crippen LogP contribution in [0.25, 0.3) is 6.08 Å². The summed E-state index contributed by atoms with van der Waals surface area (Å²) in [7, 11) is 0. The minimum absolute atomic E-state index is 0.172. The molecule has 0 radical (unpaired) electrons. The van der Waals surface area contributed by atoms with E-state index < -0.39 is 23.7 Å². The molecule has 148 valence electrons. The highest BCUT2D eigenvalue weighted by molar-refractivity contribution is 5.91. The van der Waals surface area contributed by atoms with Crippen molar-refractivity contribution in [2.24, 2.45) is 0 Å². The van der Waals surface area contributed by atoms with Crippen LogP contribution in [0.15, 0.2) is 48.5 Å². The molecule has 0 fully saturated rings. The normalized spacial score (nSPS) is 11.4. The fourth-order valence-electron chi connectivity index (χ4n) is 2.15. The summed E-state index contributed by atoms with van der Waals surface area (Å²) < 4.78 is 47.2. The van der Waals surface area contributed by atoms with Gasteiger partial charge in [-0.3, -0.25) is 0 Å². The topological polar surface area (TPSA) is 105 Å². The standard InChI is InChI=1S/C19H17F3N2O4/c20-19(21,22)14-4-1-12(2-5-14)3-6-17(25)27-7-8-28-18(26)13-9-15(23)11-16(24)10-13/h1-6,9-11H,7-8,23-24H2. The maximum absolute atomic E-state index is 12.5. The number of carbonyl (C=O) groups is 2. The average Bonchev–Trinajstić information content (AvgIpc) is 2.62. The van der Waals surface area contributed by atoms with Crippen LogP contribution in [0, 0.1) is 0 Å². The van der Waals surface area contributed by atoms with Crippen molar-refractivity contribution in [3.8, 4) is 0 Å². The molecule has 0 unspecified atom stereocenters. The molecule has 0 spiro atoms. The number of hydrogen-bond donors (Lipinski definition) is 2. The van der Waals surface area contributed by atoms with Crippen LogP contribution in [0.3, 0.4) is 0 Å². The summed E-state index contributed by atoms with van der Waals surface area (Å²) in [4.78, 5) is 23.4. The van der Waals surface area contributed by atoms with Gasteiger partial charge in [-0.15, -0.1) is 0 Å². The molecule has 0 saturated heterocycles. The van der Waals surface area contributed by atoms with Crippen molar-refractivity contribution in [1.29, 1.82) is 0 Å². The molecule has 0 atom stereocenters. The zero-order chi connectivity index (χ0) is 20.7. The fourth-order valence-corrected chi connectivity index (χ4v) is 2.15. The number of nitrogen functional groups attached to an aromatic ring is 2. The van der Waals surface area contributed by atoms with Gasteiger partial charge in [-0.2, -0.15) is 13.2 Å². The maximum atomic E-state index is 12.5. The summed E-state index contributed by atoms with van der Waals surface area (Å²) in [6.45, 7) is -0.382. The smallest absolute Gasteiger partial charge is 0.416 e. The first-order valence-corrected chi connectivity index (χ1v) is 8.00. The summed E-state index contributed by atoms with van der Waals surface area (Å²) in [6.07, 6.45) is -2.05. The highest BCUT2D eigenvalue weighted by Crippen LogP contribution is 2.29. The Bertz CT molecular complexity index is 857. The molecule has 2 rings (SSSR count). The van der Waals surface area contributed by atoms with Gasteiger partial charge in [0.05, 0.1) is 11.1 Å². The monoisotopic (exact) mass is 394 g/mol. The van der Waals surface area contributed by atoms with Crippen LogP contribution in [-0.4, -0.2) is 25.2 Å². The highest BCUT2D eigenvalue weighted by atomic mass is 19.4. The maximum Gasteiger partial charge on any atom is 0.416 e. The van der Waals surface area contributed by atoms with Crippen LogP contribution in [-0.2, 0) is 20.4 Å². The number of alkyl halides is 3. The third-order valence-corrected chi connectivity index (χ3v) is 3.42. The summed E-state index contributed by atoms with van der Waals surface area (Å²) in [6, 6.07) is 8.56. The van der Waals surface area contributed by atoms with Gasteiger partial charge in [-0.1, -0.05) is 12.1 Å². The Morgan fingerprint density at radius 1 is 0.929 bits per heavy atom. The van der Waals surface area contributed by atoms with Crippen molar-refractivity contribution in [3.63, 3.8) is 0 Å². The van der Waals surface area contributed by atoms with E-state index in [-0.39, 0.29) is 18.8 Å². The second kappa shape index (κ2) is 8.94. The molecule has 0 aromatic heterocycles. The van der Waals surface area contributed by atoms with E-state index >= 15 is 0 Å². The van der Waals surface area contributed by atoms with Crippen molar-refractivity contribution in [2.75, 3.05) is 24.7 Å². The van der Waals surface area contributed by atoms with Crippen LogP contribution < -0.4 is 11.5 Å². The van der Waals surface area contributed by atoms with Crippen LogP contribution in [0.4, 0.5) is 24.5 Å². The second-order valence-corrected chi connectivity index (χ2v) is 5.64. The predicted molar refractivity (Wildman–Crippen MR) is 97.0 cm³/mol. The SMILES string of the molecule is Nc1cc(N)cc(C(=O)OCCOC(=O)C=Cc2ccc(C(F)(F)F)cc2)c1. The Labute approximate surface area is 158 Å². The van der Waals surface area contributed by atoms with Gasteiger partial charge in [0.2, 0.25) is 0 Å². The van der Waals surface area contributed by atoms with E-state index in [0.29, 0.717) is 16.9 Å². The molecule has 2 aromatic rings. The number of anilines is 2. The average molecular weight is 394 g/mol.